The van der Waals surface area contributed by atoms with Gasteiger partial charge < -0.3 is 15.5 Å². The van der Waals surface area contributed by atoms with Crippen LogP contribution in [0, 0.1) is 0 Å². The van der Waals surface area contributed by atoms with E-state index in [4.69, 9.17) is 11.6 Å². The summed E-state index contributed by atoms with van der Waals surface area (Å²) in [6.45, 7) is 1.60. The Morgan fingerprint density at radius 3 is 2.68 bits per heavy atom. The van der Waals surface area contributed by atoms with Crippen molar-refractivity contribution in [2.24, 2.45) is 0 Å². The van der Waals surface area contributed by atoms with Crippen LogP contribution in [0.3, 0.4) is 0 Å². The Labute approximate surface area is 166 Å². The number of halogens is 1. The first-order valence-electron chi connectivity index (χ1n) is 9.27. The van der Waals surface area contributed by atoms with Gasteiger partial charge in [0.25, 0.3) is 5.56 Å². The molecular weight excluding hydrogens is 382 g/mol. The molecule has 2 amide bonds. The zero-order valence-corrected chi connectivity index (χ0v) is 15.9. The molecule has 0 bridgehead atoms. The molecule has 1 aromatic heterocycles. The Bertz CT molecular complexity index is 984. The van der Waals surface area contributed by atoms with Gasteiger partial charge in [0.1, 0.15) is 5.82 Å². The molecule has 0 spiro atoms. The minimum Gasteiger partial charge on any atom is -0.342 e. The van der Waals surface area contributed by atoms with Gasteiger partial charge in [0.2, 0.25) is 17.8 Å². The topological polar surface area (TPSA) is 107 Å². The Morgan fingerprint density at radius 1 is 1.18 bits per heavy atom. The minimum absolute atomic E-state index is 0.128. The van der Waals surface area contributed by atoms with Gasteiger partial charge >= 0.3 is 0 Å². The molecule has 1 saturated heterocycles. The van der Waals surface area contributed by atoms with Crippen molar-refractivity contribution in [1.82, 2.24) is 9.97 Å². The molecule has 0 unspecified atom stereocenters. The number of rotatable bonds is 3. The molecule has 0 radical (unpaired) electrons. The van der Waals surface area contributed by atoms with Gasteiger partial charge in [-0.15, -0.1) is 0 Å². The molecule has 28 heavy (non-hydrogen) atoms. The molecule has 2 aliphatic rings. The van der Waals surface area contributed by atoms with Crippen LogP contribution < -0.4 is 21.1 Å². The van der Waals surface area contributed by atoms with Crippen molar-refractivity contribution >= 4 is 40.9 Å². The summed E-state index contributed by atoms with van der Waals surface area (Å²) in [6.07, 6.45) is 3.07. The van der Waals surface area contributed by atoms with Crippen molar-refractivity contribution in [3.05, 3.63) is 45.2 Å². The molecule has 0 saturated carbocycles. The minimum atomic E-state index is -0.938. The molecular formula is C19H20ClN5O3. The molecule has 146 valence electrons. The number of anilines is 3. The second kappa shape index (κ2) is 7.63. The maximum atomic E-state index is 12.8. The third kappa shape index (κ3) is 3.60. The first kappa shape index (κ1) is 18.5. The van der Waals surface area contributed by atoms with Gasteiger partial charge in [0, 0.05) is 19.5 Å². The van der Waals surface area contributed by atoms with Crippen LogP contribution in [-0.4, -0.2) is 34.9 Å². The number of piperidine rings is 1. The summed E-state index contributed by atoms with van der Waals surface area (Å²) in [5.74, 6) is -1.18. The molecule has 1 atom stereocenters. The lowest BCUT2D eigenvalue weighted by Crippen LogP contribution is -2.38. The van der Waals surface area contributed by atoms with E-state index in [2.05, 4.69) is 20.6 Å². The first-order chi connectivity index (χ1) is 13.5. The largest absolute Gasteiger partial charge is 0.342 e. The normalized spacial score (nSPS) is 19.0. The molecule has 3 heterocycles. The van der Waals surface area contributed by atoms with E-state index >= 15 is 0 Å². The number of carbonyl (C=O) groups is 2. The number of para-hydroxylation sites is 1. The number of amides is 2. The van der Waals surface area contributed by atoms with E-state index in [-0.39, 0.29) is 23.7 Å². The van der Waals surface area contributed by atoms with Crippen LogP contribution in [0.15, 0.2) is 29.1 Å². The van der Waals surface area contributed by atoms with E-state index in [0.717, 1.165) is 32.4 Å². The Hall–Kier alpha value is -2.87. The van der Waals surface area contributed by atoms with Crippen LogP contribution in [-0.2, 0) is 9.59 Å². The maximum absolute atomic E-state index is 12.8. The number of fused-ring (bicyclic) bond motifs is 1. The Kier molecular flexibility index (Phi) is 5.04. The predicted molar refractivity (Wildman–Crippen MR) is 107 cm³/mol. The third-order valence-corrected chi connectivity index (χ3v) is 5.37. The summed E-state index contributed by atoms with van der Waals surface area (Å²) in [7, 11) is 0. The zero-order valence-electron chi connectivity index (χ0n) is 15.1. The highest BCUT2D eigenvalue weighted by Gasteiger charge is 2.35. The van der Waals surface area contributed by atoms with Crippen LogP contribution in [0.4, 0.5) is 17.5 Å². The lowest BCUT2D eigenvalue weighted by Gasteiger charge is -2.29. The third-order valence-electron chi connectivity index (χ3n) is 5.04. The summed E-state index contributed by atoms with van der Waals surface area (Å²) in [5, 5.41) is 5.72. The smallest absolute Gasteiger partial charge is 0.258 e. The quantitative estimate of drug-likeness (QED) is 0.732. The van der Waals surface area contributed by atoms with Gasteiger partial charge in [-0.25, -0.2) is 0 Å². The molecule has 2 aromatic rings. The number of H-pyrrole nitrogens is 1. The van der Waals surface area contributed by atoms with E-state index in [9.17, 15) is 14.4 Å². The van der Waals surface area contributed by atoms with E-state index < -0.39 is 17.4 Å². The van der Waals surface area contributed by atoms with Crippen LogP contribution in [0.1, 0.15) is 37.2 Å². The monoisotopic (exact) mass is 401 g/mol. The summed E-state index contributed by atoms with van der Waals surface area (Å²) in [6, 6.07) is 6.80. The number of aromatic nitrogens is 2. The molecule has 2 aliphatic heterocycles. The predicted octanol–water partition coefficient (Wildman–Crippen LogP) is 2.48. The zero-order chi connectivity index (χ0) is 19.7. The van der Waals surface area contributed by atoms with E-state index in [1.807, 2.05) is 4.90 Å². The van der Waals surface area contributed by atoms with Gasteiger partial charge in [-0.1, -0.05) is 23.7 Å². The van der Waals surface area contributed by atoms with Crippen molar-refractivity contribution in [2.75, 3.05) is 28.6 Å². The van der Waals surface area contributed by atoms with Gasteiger partial charge in [0.15, 0.2) is 0 Å². The molecule has 3 N–H and O–H groups in total. The summed E-state index contributed by atoms with van der Waals surface area (Å²) in [4.78, 5) is 47.0. The number of nitrogens with one attached hydrogen (secondary N) is 3. The van der Waals surface area contributed by atoms with Crippen LogP contribution >= 0.6 is 11.6 Å². The lowest BCUT2D eigenvalue weighted by atomic mass is 9.92. The van der Waals surface area contributed by atoms with Crippen LogP contribution in [0.5, 0.6) is 0 Å². The van der Waals surface area contributed by atoms with Gasteiger partial charge in [-0.3, -0.25) is 19.4 Å². The van der Waals surface area contributed by atoms with E-state index in [1.165, 1.54) is 0 Å². The van der Waals surface area contributed by atoms with Gasteiger partial charge in [-0.2, -0.15) is 4.98 Å². The lowest BCUT2D eigenvalue weighted by molar-refractivity contribution is -0.123. The summed E-state index contributed by atoms with van der Waals surface area (Å²) >= 11 is 6.09. The Balaban J connectivity index is 1.66. The van der Waals surface area contributed by atoms with Crippen molar-refractivity contribution in [1.29, 1.82) is 0 Å². The van der Waals surface area contributed by atoms with Crippen LogP contribution in [0.2, 0.25) is 5.02 Å². The van der Waals surface area contributed by atoms with E-state index in [0.29, 0.717) is 16.7 Å². The van der Waals surface area contributed by atoms with Crippen molar-refractivity contribution in [2.45, 2.75) is 31.6 Å². The first-order valence-corrected chi connectivity index (χ1v) is 9.65. The summed E-state index contributed by atoms with van der Waals surface area (Å²) in [5.41, 5.74) is 0.186. The van der Waals surface area contributed by atoms with Gasteiger partial charge in [-0.05, 0) is 31.4 Å². The van der Waals surface area contributed by atoms with Gasteiger partial charge in [0.05, 0.1) is 22.2 Å². The second-order valence-corrected chi connectivity index (χ2v) is 7.38. The molecule has 9 heteroatoms. The molecule has 8 nitrogen and oxygen atoms in total. The second-order valence-electron chi connectivity index (χ2n) is 6.97. The van der Waals surface area contributed by atoms with E-state index in [1.54, 1.807) is 24.3 Å². The fraction of sp³-hybridized carbons (Fsp3) is 0.368. The molecule has 4 rings (SSSR count). The fourth-order valence-corrected chi connectivity index (χ4v) is 3.80. The number of hydrogen-bond donors (Lipinski definition) is 3. The molecule has 1 fully saturated rings. The maximum Gasteiger partial charge on any atom is 0.258 e. The average Bonchev–Trinajstić information content (AvgIpc) is 2.69. The highest BCUT2D eigenvalue weighted by atomic mass is 35.5. The average molecular weight is 402 g/mol. The molecule has 1 aromatic carbocycles. The number of aromatic amines is 1. The number of hydrogen-bond acceptors (Lipinski definition) is 5. The SMILES string of the molecule is O=C1C[C@@H](C(=O)Nc2ccccc2Cl)c2c(nc(N3CCCCC3)[nH]c2=O)N1. The molecule has 0 aliphatic carbocycles. The Morgan fingerprint density at radius 2 is 1.93 bits per heavy atom. The van der Waals surface area contributed by atoms with Crippen molar-refractivity contribution in [3.63, 3.8) is 0 Å². The fourth-order valence-electron chi connectivity index (χ4n) is 3.62. The van der Waals surface area contributed by atoms with Crippen LogP contribution in [0.25, 0.3) is 0 Å². The number of benzene rings is 1. The standard InChI is InChI=1S/C19H20ClN5O3/c20-12-6-2-3-7-13(12)21-17(27)11-10-14(26)22-16-15(11)18(28)24-19(23-16)25-8-4-1-5-9-25/h2-3,6-7,11H,1,4-5,8-10H2,(H,21,27)(H2,22,23,24,26,28)/t11-/m1/s1. The van der Waals surface area contributed by atoms with Crippen molar-refractivity contribution in [3.8, 4) is 0 Å². The highest BCUT2D eigenvalue weighted by Crippen LogP contribution is 2.31. The summed E-state index contributed by atoms with van der Waals surface area (Å²) < 4.78 is 0. The van der Waals surface area contributed by atoms with Crippen molar-refractivity contribution < 1.29 is 9.59 Å². The highest BCUT2D eigenvalue weighted by molar-refractivity contribution is 6.33. The number of nitrogens with zero attached hydrogens (tertiary/aromatic N) is 2. The number of carbonyl (C=O) groups excluding carboxylic acids is 2.